The summed E-state index contributed by atoms with van der Waals surface area (Å²) in [6.07, 6.45) is 4.28. The lowest BCUT2D eigenvalue weighted by atomic mass is 9.90. The largest absolute Gasteiger partial charge is 0.260 e. The third-order valence-corrected chi connectivity index (χ3v) is 4.63. The Bertz CT molecular complexity index is 733. The monoisotopic (exact) mass is 413 g/mol. The van der Waals surface area contributed by atoms with Crippen LogP contribution in [0.5, 0.6) is 0 Å². The topological polar surface area (TPSA) is 12.4 Å². The number of hydrogen-bond donors (Lipinski definition) is 0. The zero-order valence-corrected chi connectivity index (χ0v) is 18.4. The van der Waals surface area contributed by atoms with E-state index < -0.39 is 11.6 Å². The summed E-state index contributed by atoms with van der Waals surface area (Å²) in [5, 5.41) is 0.509. The van der Waals surface area contributed by atoms with Crippen LogP contribution in [0, 0.1) is 5.92 Å². The van der Waals surface area contributed by atoms with Crippen LogP contribution in [0.1, 0.15) is 65.5 Å². The number of benzene rings is 1. The highest BCUT2D eigenvalue weighted by Gasteiger charge is 2.24. The number of alkyl halides is 3. The average molecular weight is 414 g/mol. The van der Waals surface area contributed by atoms with Crippen molar-refractivity contribution < 1.29 is 13.2 Å². The maximum absolute atomic E-state index is 14.6. The fourth-order valence-electron chi connectivity index (χ4n) is 3.19. The molecule has 0 aromatic heterocycles. The molecule has 1 unspecified atom stereocenters. The molecule has 0 spiro atoms. The molecule has 0 heterocycles. The normalized spacial score (nSPS) is 15.7. The quantitative estimate of drug-likeness (QED) is 0.287. The molecular weight excluding hydrogens is 383 g/mol. The molecule has 156 valence electrons. The predicted octanol–water partition coefficient (Wildman–Crippen LogP) is 7.99. The van der Waals surface area contributed by atoms with Gasteiger partial charge in [0.15, 0.2) is 0 Å². The van der Waals surface area contributed by atoms with Gasteiger partial charge in [-0.1, -0.05) is 48.9 Å². The van der Waals surface area contributed by atoms with Crippen LogP contribution in [0.25, 0.3) is 0 Å². The van der Waals surface area contributed by atoms with Gasteiger partial charge in [-0.3, -0.25) is 4.99 Å². The van der Waals surface area contributed by atoms with Crippen LogP contribution in [0.4, 0.5) is 13.2 Å². The number of aliphatic imine (C=N–C) groups is 1. The zero-order valence-electron chi connectivity index (χ0n) is 17.6. The van der Waals surface area contributed by atoms with Crippen molar-refractivity contribution in [3.05, 3.63) is 57.8 Å². The second-order valence-corrected chi connectivity index (χ2v) is 8.50. The van der Waals surface area contributed by atoms with Gasteiger partial charge in [0.25, 0.3) is 0 Å². The van der Waals surface area contributed by atoms with E-state index in [0.29, 0.717) is 29.1 Å². The Morgan fingerprint density at radius 2 is 1.79 bits per heavy atom. The maximum atomic E-state index is 14.6. The van der Waals surface area contributed by atoms with E-state index >= 15 is 0 Å². The van der Waals surface area contributed by atoms with Crippen LogP contribution in [0.15, 0.2) is 51.6 Å². The van der Waals surface area contributed by atoms with Crippen molar-refractivity contribution in [1.29, 1.82) is 0 Å². The first-order chi connectivity index (χ1) is 12.8. The highest BCUT2D eigenvalue weighted by molar-refractivity contribution is 6.29. The summed E-state index contributed by atoms with van der Waals surface area (Å²) in [6, 6.07) is 7.39. The first-order valence-corrected chi connectivity index (χ1v) is 9.92. The van der Waals surface area contributed by atoms with Gasteiger partial charge in [-0.2, -0.15) is 0 Å². The SMILES string of the molecule is C/C=C(Cc1ccccc1C(C)(C)F)/C(/N=C\CC(C)CC(C)(F)F)=C(/C)Cl. The van der Waals surface area contributed by atoms with Gasteiger partial charge < -0.3 is 0 Å². The Balaban J connectivity index is 3.03. The molecule has 0 bridgehead atoms. The first kappa shape index (κ1) is 24.5. The Morgan fingerprint density at radius 1 is 1.18 bits per heavy atom. The number of hydrogen-bond acceptors (Lipinski definition) is 1. The molecule has 0 aliphatic carbocycles. The fourth-order valence-corrected chi connectivity index (χ4v) is 3.36. The Labute approximate surface area is 172 Å². The summed E-state index contributed by atoms with van der Waals surface area (Å²) in [7, 11) is 0. The predicted molar refractivity (Wildman–Crippen MR) is 114 cm³/mol. The van der Waals surface area contributed by atoms with E-state index in [1.54, 1.807) is 26.1 Å². The van der Waals surface area contributed by atoms with Crippen LogP contribution in [-0.2, 0) is 12.1 Å². The van der Waals surface area contributed by atoms with E-state index in [1.807, 2.05) is 31.2 Å². The molecule has 1 rings (SSSR count). The van der Waals surface area contributed by atoms with Crippen LogP contribution in [-0.4, -0.2) is 12.1 Å². The molecule has 1 aromatic rings. The summed E-state index contributed by atoms with van der Waals surface area (Å²) < 4.78 is 40.8. The molecular formula is C23H31ClF3N. The smallest absolute Gasteiger partial charge is 0.245 e. The zero-order chi connectivity index (χ0) is 21.5. The molecule has 1 atom stereocenters. The minimum atomic E-state index is -2.69. The van der Waals surface area contributed by atoms with Gasteiger partial charge in [-0.05, 0) is 70.1 Å². The van der Waals surface area contributed by atoms with E-state index in [0.717, 1.165) is 18.1 Å². The first-order valence-electron chi connectivity index (χ1n) is 9.54. The average Bonchev–Trinajstić information content (AvgIpc) is 2.54. The van der Waals surface area contributed by atoms with Gasteiger partial charge in [0.05, 0.1) is 5.70 Å². The van der Waals surface area contributed by atoms with E-state index in [9.17, 15) is 13.2 Å². The third kappa shape index (κ3) is 8.22. The van der Waals surface area contributed by atoms with E-state index in [2.05, 4.69) is 4.99 Å². The van der Waals surface area contributed by atoms with Crippen molar-refractivity contribution >= 4 is 17.8 Å². The summed E-state index contributed by atoms with van der Waals surface area (Å²) >= 11 is 6.27. The lowest BCUT2D eigenvalue weighted by molar-refractivity contribution is -0.000254. The third-order valence-electron chi connectivity index (χ3n) is 4.45. The Morgan fingerprint density at radius 3 is 2.29 bits per heavy atom. The summed E-state index contributed by atoms with van der Waals surface area (Å²) in [5.74, 6) is -2.88. The molecule has 0 saturated carbocycles. The Kier molecular flexibility index (Phi) is 9.00. The molecule has 5 heteroatoms. The van der Waals surface area contributed by atoms with Gasteiger partial charge >= 0.3 is 0 Å². The highest BCUT2D eigenvalue weighted by atomic mass is 35.5. The van der Waals surface area contributed by atoms with Gasteiger partial charge in [0.2, 0.25) is 5.92 Å². The van der Waals surface area contributed by atoms with Crippen molar-refractivity contribution in [2.75, 3.05) is 0 Å². The number of rotatable bonds is 9. The lowest BCUT2D eigenvalue weighted by Crippen LogP contribution is -2.15. The van der Waals surface area contributed by atoms with E-state index in [4.69, 9.17) is 11.6 Å². The summed E-state index contributed by atoms with van der Waals surface area (Å²) in [6.45, 7) is 9.40. The van der Waals surface area contributed by atoms with Crippen LogP contribution >= 0.6 is 11.6 Å². The number of nitrogens with zero attached hydrogens (tertiary/aromatic N) is 1. The van der Waals surface area contributed by atoms with Crippen LogP contribution in [0.3, 0.4) is 0 Å². The second-order valence-electron chi connectivity index (χ2n) is 7.93. The standard InChI is InChI=1S/C23H31ClF3N/c1-7-18(14-19-10-8-9-11-20(19)22(4,5)25)21(17(3)24)28-13-12-16(2)15-23(6,26)27/h7-11,13,16H,12,14-15H2,1-6H3/b18-7+,21-17+,28-13-. The molecule has 0 aliphatic rings. The maximum Gasteiger partial charge on any atom is 0.245 e. The summed E-state index contributed by atoms with van der Waals surface area (Å²) in [4.78, 5) is 4.47. The Hall–Kier alpha value is -1.55. The van der Waals surface area contributed by atoms with Gasteiger partial charge in [0.1, 0.15) is 5.67 Å². The van der Waals surface area contributed by atoms with Crippen molar-refractivity contribution in [3.8, 4) is 0 Å². The van der Waals surface area contributed by atoms with Crippen LogP contribution < -0.4 is 0 Å². The van der Waals surface area contributed by atoms with Gasteiger partial charge in [0, 0.05) is 17.7 Å². The van der Waals surface area contributed by atoms with E-state index in [-0.39, 0.29) is 12.3 Å². The molecule has 28 heavy (non-hydrogen) atoms. The number of halogens is 4. The van der Waals surface area contributed by atoms with Gasteiger partial charge in [-0.15, -0.1) is 0 Å². The lowest BCUT2D eigenvalue weighted by Gasteiger charge is -2.20. The number of allylic oxidation sites excluding steroid dienone is 3. The molecule has 0 saturated heterocycles. The minimum absolute atomic E-state index is 0.187. The van der Waals surface area contributed by atoms with Gasteiger partial charge in [-0.25, -0.2) is 13.2 Å². The minimum Gasteiger partial charge on any atom is -0.260 e. The summed E-state index contributed by atoms with van der Waals surface area (Å²) in [5.41, 5.74) is 1.51. The van der Waals surface area contributed by atoms with Crippen LogP contribution in [0.2, 0.25) is 0 Å². The van der Waals surface area contributed by atoms with Crippen molar-refractivity contribution in [1.82, 2.24) is 0 Å². The second kappa shape index (κ2) is 10.3. The van der Waals surface area contributed by atoms with Crippen molar-refractivity contribution in [2.24, 2.45) is 10.9 Å². The van der Waals surface area contributed by atoms with Crippen molar-refractivity contribution in [2.45, 2.75) is 72.4 Å². The highest BCUT2D eigenvalue weighted by Crippen LogP contribution is 2.31. The van der Waals surface area contributed by atoms with Crippen molar-refractivity contribution in [3.63, 3.8) is 0 Å². The molecule has 0 fully saturated rings. The molecule has 1 aromatic carbocycles. The molecule has 0 aliphatic heterocycles. The van der Waals surface area contributed by atoms with E-state index in [1.165, 1.54) is 13.8 Å². The fraction of sp³-hybridized carbons (Fsp3) is 0.522. The molecule has 0 radical (unpaired) electrons. The molecule has 0 N–H and O–H groups in total. The molecule has 0 amide bonds. The molecule has 1 nitrogen and oxygen atoms in total.